The first kappa shape index (κ1) is 86.7. The molecule has 0 bridgehead atoms. The van der Waals surface area contributed by atoms with E-state index in [4.69, 9.17) is 9.05 Å². The number of phosphoric acid groups is 1. The monoisotopic (exact) mass is 1260 g/mol. The van der Waals surface area contributed by atoms with Gasteiger partial charge in [0.05, 0.1) is 39.9 Å². The Labute approximate surface area is 550 Å². The van der Waals surface area contributed by atoms with Crippen LogP contribution in [0.15, 0.2) is 36.5 Å². The highest BCUT2D eigenvalue weighted by molar-refractivity contribution is 7.45. The Morgan fingerprint density at radius 3 is 0.920 bits per heavy atom. The molecule has 0 aliphatic carbocycles. The van der Waals surface area contributed by atoms with Crippen LogP contribution in [0.2, 0.25) is 0 Å². The van der Waals surface area contributed by atoms with Crippen LogP contribution in [-0.4, -0.2) is 68.5 Å². The number of aliphatic hydroxyl groups excluding tert-OH is 1. The third kappa shape index (κ3) is 72.2. The van der Waals surface area contributed by atoms with Gasteiger partial charge in [0.2, 0.25) is 5.91 Å². The lowest BCUT2D eigenvalue weighted by molar-refractivity contribution is -0.870. The number of allylic oxidation sites excluding steroid dienone is 5. The predicted octanol–water partition coefficient (Wildman–Crippen LogP) is 24.9. The molecule has 0 radical (unpaired) electrons. The molecule has 522 valence electrons. The van der Waals surface area contributed by atoms with Crippen LogP contribution < -0.4 is 10.2 Å². The fourth-order valence-electron chi connectivity index (χ4n) is 12.2. The lowest BCUT2D eigenvalue weighted by Crippen LogP contribution is -2.45. The molecule has 0 aromatic heterocycles. The van der Waals surface area contributed by atoms with Crippen LogP contribution in [0.25, 0.3) is 0 Å². The minimum atomic E-state index is -4.61. The standard InChI is InChI=1S/C79H155N2O6P/c1-6-8-10-12-14-16-18-20-22-24-26-28-30-32-34-36-38-39-40-41-43-45-47-49-51-53-55-57-59-61-63-65-67-69-71-73-79(83)80-77(76-87-88(84,85)86-75-74-81(3,4)5)78(82)72-70-68-66-64-62-60-58-56-54-52-50-48-46-44-42-37-35-33-31-29-27-25-23-21-19-17-15-13-11-9-7-2/h24,26,62,64,70,72,77-78,82H,6-23,25,27-61,63,65-69,71,73-76H2,1-5H3,(H-,80,83,84,85)/b26-24-,64-62+,72-70+. The highest BCUT2D eigenvalue weighted by Gasteiger charge is 2.23. The van der Waals surface area contributed by atoms with Crippen molar-refractivity contribution in [3.05, 3.63) is 36.5 Å². The van der Waals surface area contributed by atoms with Gasteiger partial charge in [-0.05, 0) is 57.8 Å². The van der Waals surface area contributed by atoms with Crippen molar-refractivity contribution in [1.29, 1.82) is 0 Å². The minimum absolute atomic E-state index is 0.00410. The quantitative estimate of drug-likeness (QED) is 0.0272. The molecule has 1 amide bonds. The largest absolute Gasteiger partial charge is 0.756 e. The Morgan fingerprint density at radius 1 is 0.386 bits per heavy atom. The van der Waals surface area contributed by atoms with Crippen LogP contribution in [0.3, 0.4) is 0 Å². The Bertz CT molecular complexity index is 1530. The van der Waals surface area contributed by atoms with Gasteiger partial charge >= 0.3 is 0 Å². The summed E-state index contributed by atoms with van der Waals surface area (Å²) in [4.78, 5) is 25.7. The van der Waals surface area contributed by atoms with E-state index < -0.39 is 20.0 Å². The molecule has 0 aliphatic heterocycles. The van der Waals surface area contributed by atoms with Gasteiger partial charge in [0.1, 0.15) is 13.2 Å². The second-order valence-electron chi connectivity index (χ2n) is 28.4. The number of quaternary nitrogens is 1. The van der Waals surface area contributed by atoms with Gasteiger partial charge in [-0.2, -0.15) is 0 Å². The average molecular weight is 1260 g/mol. The summed E-state index contributed by atoms with van der Waals surface area (Å²) >= 11 is 0. The van der Waals surface area contributed by atoms with Gasteiger partial charge in [0, 0.05) is 6.42 Å². The lowest BCUT2D eigenvalue weighted by Gasteiger charge is -2.29. The van der Waals surface area contributed by atoms with Crippen molar-refractivity contribution in [3.8, 4) is 0 Å². The molecule has 0 heterocycles. The molecule has 2 N–H and O–H groups in total. The third-order valence-corrected chi connectivity index (χ3v) is 19.3. The van der Waals surface area contributed by atoms with Crippen LogP contribution in [-0.2, 0) is 18.4 Å². The zero-order valence-corrected chi connectivity index (χ0v) is 60.9. The summed E-state index contributed by atoms with van der Waals surface area (Å²) in [6, 6.07) is -0.904. The molecule has 0 aromatic carbocycles. The van der Waals surface area contributed by atoms with E-state index in [-0.39, 0.29) is 19.1 Å². The number of aliphatic hydroxyl groups is 1. The van der Waals surface area contributed by atoms with Crippen molar-refractivity contribution >= 4 is 13.7 Å². The Kier molecular flexibility index (Phi) is 69.0. The smallest absolute Gasteiger partial charge is 0.268 e. The van der Waals surface area contributed by atoms with Crippen molar-refractivity contribution in [3.63, 3.8) is 0 Å². The fraction of sp³-hybridized carbons (Fsp3) is 0.911. The predicted molar refractivity (Wildman–Crippen MR) is 385 cm³/mol. The maximum atomic E-state index is 13.1. The first-order chi connectivity index (χ1) is 43.0. The number of nitrogens with one attached hydrogen (secondary N) is 1. The summed E-state index contributed by atoms with van der Waals surface area (Å²) in [7, 11) is 1.26. The molecule has 0 saturated heterocycles. The molecule has 88 heavy (non-hydrogen) atoms. The number of unbranched alkanes of at least 4 members (excludes halogenated alkanes) is 57. The Hall–Kier alpha value is -1.28. The van der Waals surface area contributed by atoms with Crippen LogP contribution >= 0.6 is 7.82 Å². The van der Waals surface area contributed by atoms with E-state index in [0.717, 1.165) is 38.5 Å². The molecule has 0 aliphatic rings. The maximum Gasteiger partial charge on any atom is 0.268 e. The van der Waals surface area contributed by atoms with Crippen LogP contribution in [0.1, 0.15) is 412 Å². The number of phosphoric ester groups is 1. The highest BCUT2D eigenvalue weighted by Crippen LogP contribution is 2.38. The van der Waals surface area contributed by atoms with Crippen molar-refractivity contribution in [2.75, 3.05) is 40.9 Å². The number of likely N-dealkylation sites (N-methyl/N-ethyl adjacent to an activating group) is 1. The van der Waals surface area contributed by atoms with E-state index in [0.29, 0.717) is 17.4 Å². The number of hydrogen-bond acceptors (Lipinski definition) is 6. The first-order valence-corrected chi connectivity index (χ1v) is 40.8. The SMILES string of the molecule is CCCCCCCCCC/C=C\CCCCCCCCCCCCCCCCCCCCCCCCCC(=O)NC(COP(=O)([O-])OCC[N+](C)(C)C)C(O)/C=C/CC/C=C/CCCCCCCCCCCCCCCCCCCCCCCCCCC. The van der Waals surface area contributed by atoms with Crippen molar-refractivity contribution in [2.24, 2.45) is 0 Å². The molecule has 3 unspecified atom stereocenters. The molecule has 0 spiro atoms. The second-order valence-corrected chi connectivity index (χ2v) is 29.8. The number of nitrogens with zero attached hydrogens (tertiary/aromatic N) is 1. The van der Waals surface area contributed by atoms with E-state index in [1.807, 2.05) is 27.2 Å². The van der Waals surface area contributed by atoms with E-state index in [9.17, 15) is 19.4 Å². The number of hydrogen-bond donors (Lipinski definition) is 2. The lowest BCUT2D eigenvalue weighted by atomic mass is 10.0. The van der Waals surface area contributed by atoms with Crippen molar-refractivity contribution in [1.82, 2.24) is 5.32 Å². The molecule has 8 nitrogen and oxygen atoms in total. The van der Waals surface area contributed by atoms with E-state index in [1.54, 1.807) is 6.08 Å². The topological polar surface area (TPSA) is 108 Å². The molecule has 0 rings (SSSR count). The highest BCUT2D eigenvalue weighted by atomic mass is 31.2. The number of rotatable bonds is 74. The van der Waals surface area contributed by atoms with Gasteiger partial charge in [-0.3, -0.25) is 9.36 Å². The Morgan fingerprint density at radius 2 is 0.636 bits per heavy atom. The first-order valence-electron chi connectivity index (χ1n) is 39.4. The number of carbonyl (C=O) groups is 1. The summed E-state index contributed by atoms with van der Waals surface area (Å²) in [6.45, 7) is 4.70. The molecular formula is C79H155N2O6P. The van der Waals surface area contributed by atoms with E-state index >= 15 is 0 Å². The molecule has 0 aromatic rings. The van der Waals surface area contributed by atoms with Gasteiger partial charge in [0.25, 0.3) is 7.82 Å². The summed E-state index contributed by atoms with van der Waals surface area (Å²) in [5.41, 5.74) is 0. The second kappa shape index (κ2) is 70.0. The minimum Gasteiger partial charge on any atom is -0.756 e. The third-order valence-electron chi connectivity index (χ3n) is 18.3. The molecule has 0 fully saturated rings. The Balaban J connectivity index is 3.99. The van der Waals surface area contributed by atoms with Gasteiger partial charge in [0.15, 0.2) is 0 Å². The zero-order chi connectivity index (χ0) is 64.1. The van der Waals surface area contributed by atoms with E-state index in [2.05, 4.69) is 43.5 Å². The summed E-state index contributed by atoms with van der Waals surface area (Å²) in [5.74, 6) is -0.198. The van der Waals surface area contributed by atoms with Gasteiger partial charge in [-0.25, -0.2) is 0 Å². The summed E-state index contributed by atoms with van der Waals surface area (Å²) in [5, 5.41) is 14.0. The zero-order valence-electron chi connectivity index (χ0n) is 60.0. The fourth-order valence-corrected chi connectivity index (χ4v) is 13.0. The van der Waals surface area contributed by atoms with Crippen molar-refractivity contribution < 1.29 is 32.9 Å². The van der Waals surface area contributed by atoms with E-state index in [1.165, 1.54) is 353 Å². The van der Waals surface area contributed by atoms with Crippen molar-refractivity contribution in [2.45, 2.75) is 424 Å². The molecule has 3 atom stereocenters. The van der Waals surface area contributed by atoms with Gasteiger partial charge in [-0.1, -0.05) is 384 Å². The normalized spacial score (nSPS) is 13.7. The average Bonchev–Trinajstić information content (AvgIpc) is 3.64. The summed E-state index contributed by atoms with van der Waals surface area (Å²) in [6.07, 6.45) is 94.6. The van der Waals surface area contributed by atoms with Crippen LogP contribution in [0.4, 0.5) is 0 Å². The van der Waals surface area contributed by atoms with Crippen LogP contribution in [0.5, 0.6) is 0 Å². The number of carbonyl (C=O) groups excluding carboxylic acids is 1. The van der Waals surface area contributed by atoms with Gasteiger partial charge in [-0.15, -0.1) is 0 Å². The maximum absolute atomic E-state index is 13.1. The molecule has 0 saturated carbocycles. The molecular weight excluding hydrogens is 1100 g/mol. The van der Waals surface area contributed by atoms with Crippen LogP contribution in [0, 0.1) is 0 Å². The van der Waals surface area contributed by atoms with Gasteiger partial charge < -0.3 is 28.8 Å². The molecule has 9 heteroatoms. The number of amides is 1. The summed E-state index contributed by atoms with van der Waals surface area (Å²) < 4.78 is 23.5.